The summed E-state index contributed by atoms with van der Waals surface area (Å²) >= 11 is 0. The zero-order chi connectivity index (χ0) is 60.5. The summed E-state index contributed by atoms with van der Waals surface area (Å²) in [6.45, 7) is 0.647. The first kappa shape index (κ1) is 66.1. The summed E-state index contributed by atoms with van der Waals surface area (Å²) in [5, 5.41) is 0. The number of carbonyl (C=O) groups excluding carboxylic acids is 8. The Morgan fingerprint density at radius 1 is 0.538 bits per heavy atom. The van der Waals surface area contributed by atoms with Crippen LogP contribution in [0.15, 0.2) is 24.3 Å². The molecule has 0 aromatic rings. The highest BCUT2D eigenvalue weighted by Gasteiger charge is 2.62. The van der Waals surface area contributed by atoms with Crippen LogP contribution in [0.25, 0.3) is 0 Å². The molecule has 0 radical (unpaired) electrons. The van der Waals surface area contributed by atoms with Crippen molar-refractivity contribution in [3.8, 4) is 0 Å². The largest absolute Gasteiger partial charge is 0.490 e. The lowest BCUT2D eigenvalue weighted by Crippen LogP contribution is -2.65. The molecule has 2 unspecified atom stereocenters. The van der Waals surface area contributed by atoms with Gasteiger partial charge < -0.3 is 52.1 Å². The van der Waals surface area contributed by atoms with E-state index in [4.69, 9.17) is 18.9 Å². The molecule has 12 atom stereocenters. The van der Waals surface area contributed by atoms with E-state index in [0.29, 0.717) is 38.2 Å². The van der Waals surface area contributed by atoms with Gasteiger partial charge in [-0.3, -0.25) is 4.79 Å². The third-order valence-corrected chi connectivity index (χ3v) is 10.2. The molecule has 3 aliphatic rings. The molecular weight excluding hydrogens is 1160 g/mol. The number of allylic oxidation sites excluding steroid dienone is 1. The molecule has 0 spiro atoms. The van der Waals surface area contributed by atoms with Gasteiger partial charge in [-0.1, -0.05) is 19.9 Å². The van der Waals surface area contributed by atoms with Crippen molar-refractivity contribution < 1.29 is 183 Å². The van der Waals surface area contributed by atoms with Crippen molar-refractivity contribution in [2.24, 2.45) is 5.41 Å². The number of hydrogen-bond donors (Lipinski definition) is 0. The number of ether oxygens (including phenoxy) is 11. The summed E-state index contributed by atoms with van der Waals surface area (Å²) in [6, 6.07) is 0. The lowest BCUT2D eigenvalue weighted by Gasteiger charge is -2.46. The molecule has 444 valence electrons. The van der Waals surface area contributed by atoms with Gasteiger partial charge in [-0.05, 0) is 32.1 Å². The van der Waals surface area contributed by atoms with Gasteiger partial charge in [-0.25, -0.2) is 33.6 Å². The average molecular weight is 1190 g/mol. The van der Waals surface area contributed by atoms with E-state index in [0.717, 1.165) is 13.8 Å². The highest BCUT2D eigenvalue weighted by atomic mass is 19.4. The van der Waals surface area contributed by atoms with Gasteiger partial charge in [0, 0.05) is 11.8 Å². The van der Waals surface area contributed by atoms with E-state index in [1.54, 1.807) is 0 Å². The van der Waals surface area contributed by atoms with E-state index in [1.807, 2.05) is 0 Å². The van der Waals surface area contributed by atoms with Crippen LogP contribution in [-0.4, -0.2) is 171 Å². The van der Waals surface area contributed by atoms with E-state index < -0.39 is 182 Å². The molecule has 2 fully saturated rings. The first-order valence-corrected chi connectivity index (χ1v) is 20.4. The molecule has 0 aromatic carbocycles. The highest BCUT2D eigenvalue weighted by Crippen LogP contribution is 2.45. The second kappa shape index (κ2) is 23.3. The lowest BCUT2D eigenvalue weighted by atomic mass is 9.68. The normalized spacial score (nSPS) is 28.7. The Hall–Kier alpha value is -6.19. The molecule has 19 nitrogen and oxygen atoms in total. The SMILES string of the molecule is CC(/C=C/C1(OC(=O)C(F)(F)F)C=CC(=O)CC1(C)C)O[C@@H]1O[C@H](CO[C@@H]2O[C@@H](C)[C@H](OC(=O)C(F)(F)F)[C@@H](OC(=O)C(F)(F)F)[C@H]2OC(=O)C(F)(F)F)[C@@H](OC(=O)C(F)(F)F)[C@H](OC(=O)C(F)(F)F)[C@H]1OC(=O)C(F)(F)F. The van der Waals surface area contributed by atoms with E-state index in [2.05, 4.69) is 33.2 Å². The molecule has 0 aromatic heterocycles. The van der Waals surface area contributed by atoms with Crippen molar-refractivity contribution in [1.29, 1.82) is 0 Å². The van der Waals surface area contributed by atoms with Crippen LogP contribution >= 0.6 is 0 Å². The van der Waals surface area contributed by atoms with Crippen LogP contribution in [0.3, 0.4) is 0 Å². The van der Waals surface area contributed by atoms with Gasteiger partial charge in [-0.2, -0.15) is 92.2 Å². The maximum atomic E-state index is 13.7. The van der Waals surface area contributed by atoms with Gasteiger partial charge in [-0.15, -0.1) is 0 Å². The Labute approximate surface area is 417 Å². The fourth-order valence-electron chi connectivity index (χ4n) is 6.69. The van der Waals surface area contributed by atoms with Gasteiger partial charge in [0.2, 0.25) is 0 Å². The van der Waals surface area contributed by atoms with Crippen molar-refractivity contribution in [2.45, 2.75) is 150 Å². The van der Waals surface area contributed by atoms with E-state index in [1.165, 1.54) is 0 Å². The third kappa shape index (κ3) is 16.9. The number of esters is 7. The van der Waals surface area contributed by atoms with Gasteiger partial charge in [0.1, 0.15) is 6.10 Å². The summed E-state index contributed by atoms with van der Waals surface area (Å²) in [5.74, 6) is -25.5. The molecule has 0 bridgehead atoms. The predicted molar refractivity (Wildman–Crippen MR) is 192 cm³/mol. The summed E-state index contributed by atoms with van der Waals surface area (Å²) in [6.07, 6.45) is -79.7. The summed E-state index contributed by atoms with van der Waals surface area (Å²) in [4.78, 5) is 96.8. The standard InChI is InChI=1S/C38H31F21O19/c1-11(5-7-31(78-29(67)38(57,58)59)8-6-13(60)9-30(31,3)4)69-22-20(77-28(66)37(54,55)56)18(75-26(64)35(48,49)50)16(73-24(62)33(42,43)44)14(71-22)10-68-21-19(76-27(65)36(51,52)53)17(74-25(63)34(45,46)47)15(12(2)70-21)72-23(61)32(39,40)41/h5-8,11-12,14-22H,9-10H2,1-4H3/b7-5+/t11?,12-,14+,15-,16+,17+,18-,19+,20+,21+,22+,31?/m0/s1. The van der Waals surface area contributed by atoms with Crippen molar-refractivity contribution in [1.82, 2.24) is 0 Å². The van der Waals surface area contributed by atoms with Crippen LogP contribution < -0.4 is 0 Å². The first-order chi connectivity index (χ1) is 34.9. The number of hydrogen-bond acceptors (Lipinski definition) is 19. The zero-order valence-corrected chi connectivity index (χ0v) is 38.3. The van der Waals surface area contributed by atoms with E-state index in [-0.39, 0.29) is 0 Å². The predicted octanol–water partition coefficient (Wildman–Crippen LogP) is 5.68. The Kier molecular flexibility index (Phi) is 19.7. The summed E-state index contributed by atoms with van der Waals surface area (Å²) in [7, 11) is 0. The minimum Gasteiger partial charge on any atom is -0.449 e. The molecular formula is C38H31F21O19. The Bertz CT molecular complexity index is 2320. The zero-order valence-electron chi connectivity index (χ0n) is 38.3. The quantitative estimate of drug-likeness (QED) is 0.0880. The first-order valence-electron chi connectivity index (χ1n) is 20.4. The molecule has 2 saturated heterocycles. The fraction of sp³-hybridized carbons (Fsp3) is 0.684. The average Bonchev–Trinajstić information content (AvgIpc) is 3.24. The number of carbonyl (C=O) groups is 8. The maximum absolute atomic E-state index is 13.7. The number of alkyl halides is 21. The van der Waals surface area contributed by atoms with Crippen LogP contribution in [0.5, 0.6) is 0 Å². The summed E-state index contributed by atoms with van der Waals surface area (Å²) < 4.78 is 333. The van der Waals surface area contributed by atoms with Crippen molar-refractivity contribution in [3.05, 3.63) is 24.3 Å². The topological polar surface area (TPSA) is 238 Å². The van der Waals surface area contributed by atoms with E-state index >= 15 is 0 Å². The number of ketones is 1. The Morgan fingerprint density at radius 3 is 1.27 bits per heavy atom. The smallest absolute Gasteiger partial charge is 0.449 e. The Balaban J connectivity index is 2.37. The van der Waals surface area contributed by atoms with Crippen molar-refractivity contribution in [2.75, 3.05) is 6.61 Å². The fourth-order valence-corrected chi connectivity index (χ4v) is 6.69. The van der Waals surface area contributed by atoms with Crippen molar-refractivity contribution in [3.63, 3.8) is 0 Å². The van der Waals surface area contributed by atoms with Crippen LogP contribution in [0, 0.1) is 5.41 Å². The number of halogens is 21. The molecule has 3 rings (SSSR count). The Morgan fingerprint density at radius 2 is 0.885 bits per heavy atom. The third-order valence-electron chi connectivity index (χ3n) is 10.2. The maximum Gasteiger partial charge on any atom is 0.490 e. The van der Waals surface area contributed by atoms with Gasteiger partial charge in [0.15, 0.2) is 60.6 Å². The molecule has 40 heteroatoms. The molecule has 78 heavy (non-hydrogen) atoms. The van der Waals surface area contributed by atoms with Crippen LogP contribution in [0.2, 0.25) is 0 Å². The monoisotopic (exact) mass is 1190 g/mol. The molecule has 2 aliphatic heterocycles. The highest BCUT2D eigenvalue weighted by molar-refractivity contribution is 5.92. The van der Waals surface area contributed by atoms with Gasteiger partial charge in [0.05, 0.1) is 18.8 Å². The van der Waals surface area contributed by atoms with Crippen LogP contribution in [-0.2, 0) is 90.5 Å². The van der Waals surface area contributed by atoms with Gasteiger partial charge in [0.25, 0.3) is 0 Å². The second-order valence-corrected chi connectivity index (χ2v) is 16.5. The molecule has 0 saturated carbocycles. The minimum absolute atomic E-state index is 0.313. The summed E-state index contributed by atoms with van der Waals surface area (Å²) in [5.41, 5.74) is -4.68. The second-order valence-electron chi connectivity index (χ2n) is 16.5. The molecule has 2 heterocycles. The van der Waals surface area contributed by atoms with Crippen LogP contribution in [0.1, 0.15) is 34.1 Å². The van der Waals surface area contributed by atoms with Crippen molar-refractivity contribution >= 4 is 47.6 Å². The molecule has 0 N–H and O–H groups in total. The minimum atomic E-state index is -6.44. The number of rotatable bonds is 14. The van der Waals surface area contributed by atoms with E-state index in [9.17, 15) is 131 Å². The molecule has 0 amide bonds. The van der Waals surface area contributed by atoms with Gasteiger partial charge >= 0.3 is 85.0 Å². The molecule has 1 aliphatic carbocycles. The van der Waals surface area contributed by atoms with Crippen LogP contribution in [0.4, 0.5) is 92.2 Å². The lowest BCUT2D eigenvalue weighted by molar-refractivity contribution is -0.343.